The van der Waals surface area contributed by atoms with Gasteiger partial charge in [0.25, 0.3) is 0 Å². The van der Waals surface area contributed by atoms with Crippen molar-refractivity contribution in [2.45, 2.75) is 45.1 Å². The summed E-state index contributed by atoms with van der Waals surface area (Å²) >= 11 is 0. The Morgan fingerprint density at radius 1 is 1.18 bits per heavy atom. The van der Waals surface area contributed by atoms with Crippen molar-refractivity contribution in [3.63, 3.8) is 0 Å². The van der Waals surface area contributed by atoms with Gasteiger partial charge < -0.3 is 0 Å². The third kappa shape index (κ3) is 3.28. The van der Waals surface area contributed by atoms with Crippen LogP contribution in [0.25, 0.3) is 0 Å². The summed E-state index contributed by atoms with van der Waals surface area (Å²) in [6, 6.07) is 8.54. The molecule has 0 unspecified atom stereocenters. The van der Waals surface area contributed by atoms with Gasteiger partial charge >= 0.3 is 0 Å². The summed E-state index contributed by atoms with van der Waals surface area (Å²) in [5.41, 5.74) is 2.53. The highest BCUT2D eigenvalue weighted by Crippen LogP contribution is 2.35. The van der Waals surface area contributed by atoms with Crippen molar-refractivity contribution < 1.29 is 4.79 Å². The first-order valence-electron chi connectivity index (χ1n) is 6.42. The van der Waals surface area contributed by atoms with Gasteiger partial charge in [0, 0.05) is 0 Å². The van der Waals surface area contributed by atoms with E-state index in [2.05, 4.69) is 36.2 Å². The number of isocyanates is 1. The minimum absolute atomic E-state index is 0.450. The van der Waals surface area contributed by atoms with Gasteiger partial charge in [0.15, 0.2) is 0 Å². The lowest BCUT2D eigenvalue weighted by Crippen LogP contribution is -2.10. The molecule has 1 aliphatic carbocycles. The molecule has 0 N–H and O–H groups in total. The van der Waals surface area contributed by atoms with Crippen molar-refractivity contribution in [1.29, 1.82) is 0 Å². The van der Waals surface area contributed by atoms with Gasteiger partial charge in [0.2, 0.25) is 6.08 Å². The van der Waals surface area contributed by atoms with Crippen LogP contribution in [0.3, 0.4) is 0 Å². The fourth-order valence-corrected chi connectivity index (χ4v) is 2.61. The van der Waals surface area contributed by atoms with Crippen molar-refractivity contribution in [2.24, 2.45) is 10.9 Å². The topological polar surface area (TPSA) is 29.4 Å². The lowest BCUT2D eigenvalue weighted by Gasteiger charge is -2.26. The summed E-state index contributed by atoms with van der Waals surface area (Å²) in [7, 11) is 0. The molecule has 17 heavy (non-hydrogen) atoms. The second kappa shape index (κ2) is 5.79. The molecule has 1 fully saturated rings. The van der Waals surface area contributed by atoms with Gasteiger partial charge in [-0.15, -0.1) is 0 Å². The molecule has 0 radical (unpaired) electrons. The van der Waals surface area contributed by atoms with Gasteiger partial charge in [-0.3, -0.25) is 0 Å². The van der Waals surface area contributed by atoms with Crippen LogP contribution in [0.4, 0.5) is 0 Å². The van der Waals surface area contributed by atoms with Crippen LogP contribution in [0.15, 0.2) is 29.3 Å². The van der Waals surface area contributed by atoms with E-state index in [1.165, 1.54) is 31.2 Å². The van der Waals surface area contributed by atoms with Gasteiger partial charge in [-0.25, -0.2) is 9.79 Å². The highest BCUT2D eigenvalue weighted by Gasteiger charge is 2.19. The Kier molecular flexibility index (Phi) is 4.11. The van der Waals surface area contributed by atoms with E-state index >= 15 is 0 Å². The van der Waals surface area contributed by atoms with Gasteiger partial charge in [-0.2, -0.15) is 0 Å². The van der Waals surface area contributed by atoms with Crippen molar-refractivity contribution in [2.75, 3.05) is 0 Å². The van der Waals surface area contributed by atoms with Crippen LogP contribution in [0.1, 0.15) is 49.7 Å². The average Bonchev–Trinajstić information content (AvgIpc) is 2.38. The highest BCUT2D eigenvalue weighted by molar-refractivity contribution is 5.34. The third-order valence-electron chi connectivity index (χ3n) is 3.79. The SMILES string of the molecule is CC1CCC(c2ccc(CN=C=O)cc2)CC1. The minimum atomic E-state index is 0.450. The van der Waals surface area contributed by atoms with Crippen LogP contribution in [-0.2, 0) is 11.3 Å². The Labute approximate surface area is 103 Å². The van der Waals surface area contributed by atoms with Gasteiger partial charge in [-0.05, 0) is 35.8 Å². The number of hydrogen-bond donors (Lipinski definition) is 0. The summed E-state index contributed by atoms with van der Waals surface area (Å²) in [5.74, 6) is 1.63. The maximum Gasteiger partial charge on any atom is 0.235 e. The molecule has 90 valence electrons. The lowest BCUT2D eigenvalue weighted by molar-refractivity contribution is 0.348. The molecule has 0 heterocycles. The van der Waals surface area contributed by atoms with Crippen LogP contribution >= 0.6 is 0 Å². The number of benzene rings is 1. The van der Waals surface area contributed by atoms with Crippen LogP contribution in [0, 0.1) is 5.92 Å². The Morgan fingerprint density at radius 2 is 1.82 bits per heavy atom. The van der Waals surface area contributed by atoms with Crippen LogP contribution in [0.5, 0.6) is 0 Å². The standard InChI is InChI=1S/C15H19NO/c1-12-2-6-14(7-3-12)15-8-4-13(5-9-15)10-16-11-17/h4-5,8-9,12,14H,2-3,6-7,10H2,1H3. The third-order valence-corrected chi connectivity index (χ3v) is 3.79. The molecule has 2 nitrogen and oxygen atoms in total. The molecular weight excluding hydrogens is 210 g/mol. The fourth-order valence-electron chi connectivity index (χ4n) is 2.61. The predicted octanol–water partition coefficient (Wildman–Crippen LogP) is 3.82. The Morgan fingerprint density at radius 3 is 2.41 bits per heavy atom. The zero-order valence-electron chi connectivity index (χ0n) is 10.4. The van der Waals surface area contributed by atoms with E-state index in [9.17, 15) is 4.79 Å². The van der Waals surface area contributed by atoms with E-state index in [1.54, 1.807) is 6.08 Å². The summed E-state index contributed by atoms with van der Waals surface area (Å²) in [5, 5.41) is 0. The van der Waals surface area contributed by atoms with Crippen molar-refractivity contribution >= 4 is 6.08 Å². The molecule has 1 saturated carbocycles. The van der Waals surface area contributed by atoms with Crippen LogP contribution < -0.4 is 0 Å². The van der Waals surface area contributed by atoms with E-state index in [4.69, 9.17) is 0 Å². The monoisotopic (exact) mass is 229 g/mol. The molecule has 0 spiro atoms. The number of rotatable bonds is 3. The molecule has 2 heteroatoms. The number of nitrogens with zero attached hydrogens (tertiary/aromatic N) is 1. The fraction of sp³-hybridized carbons (Fsp3) is 0.533. The van der Waals surface area contributed by atoms with Gasteiger partial charge in [-0.1, -0.05) is 44.0 Å². The second-order valence-electron chi connectivity index (χ2n) is 5.11. The average molecular weight is 229 g/mol. The summed E-state index contributed by atoms with van der Waals surface area (Å²) in [4.78, 5) is 13.6. The van der Waals surface area contributed by atoms with Crippen molar-refractivity contribution in [1.82, 2.24) is 0 Å². The summed E-state index contributed by atoms with van der Waals surface area (Å²) in [6.07, 6.45) is 6.90. The second-order valence-corrected chi connectivity index (χ2v) is 5.11. The molecule has 0 saturated heterocycles. The van der Waals surface area contributed by atoms with Crippen molar-refractivity contribution in [3.8, 4) is 0 Å². The molecule has 2 rings (SSSR count). The van der Waals surface area contributed by atoms with E-state index in [0.29, 0.717) is 6.54 Å². The Hall–Kier alpha value is -1.40. The first kappa shape index (κ1) is 12.1. The highest BCUT2D eigenvalue weighted by atomic mass is 16.1. The first-order valence-corrected chi connectivity index (χ1v) is 6.42. The van der Waals surface area contributed by atoms with E-state index in [1.807, 2.05) is 0 Å². The zero-order valence-corrected chi connectivity index (χ0v) is 10.4. The smallest absolute Gasteiger partial charge is 0.211 e. The maximum atomic E-state index is 10.0. The lowest BCUT2D eigenvalue weighted by atomic mass is 9.79. The quantitative estimate of drug-likeness (QED) is 0.572. The minimum Gasteiger partial charge on any atom is -0.211 e. The molecule has 0 amide bonds. The molecule has 0 aromatic heterocycles. The normalized spacial score (nSPS) is 24.1. The Bertz CT molecular complexity index is 395. The Balaban J connectivity index is 2.00. The predicted molar refractivity (Wildman–Crippen MR) is 68.6 cm³/mol. The molecule has 0 bridgehead atoms. The largest absolute Gasteiger partial charge is 0.235 e. The van der Waals surface area contributed by atoms with Gasteiger partial charge in [0.1, 0.15) is 0 Å². The summed E-state index contributed by atoms with van der Waals surface area (Å²) < 4.78 is 0. The van der Waals surface area contributed by atoms with E-state index in [0.717, 1.165) is 17.4 Å². The summed E-state index contributed by atoms with van der Waals surface area (Å²) in [6.45, 7) is 2.79. The number of hydrogen-bond acceptors (Lipinski definition) is 2. The molecule has 0 aliphatic heterocycles. The van der Waals surface area contributed by atoms with Crippen molar-refractivity contribution in [3.05, 3.63) is 35.4 Å². The number of carbonyl (C=O) groups excluding carboxylic acids is 1. The van der Waals surface area contributed by atoms with Gasteiger partial charge in [0.05, 0.1) is 6.54 Å². The number of aliphatic imine (C=N–C) groups is 1. The molecular formula is C15H19NO. The van der Waals surface area contributed by atoms with Crippen LogP contribution in [0.2, 0.25) is 0 Å². The molecule has 1 aliphatic rings. The van der Waals surface area contributed by atoms with E-state index < -0.39 is 0 Å². The molecule has 1 aromatic rings. The first-order chi connectivity index (χ1) is 8.29. The molecule has 1 aromatic carbocycles. The molecule has 0 atom stereocenters. The zero-order chi connectivity index (χ0) is 12.1. The maximum absolute atomic E-state index is 10.0. The van der Waals surface area contributed by atoms with E-state index in [-0.39, 0.29) is 0 Å². The van der Waals surface area contributed by atoms with Crippen LogP contribution in [-0.4, -0.2) is 6.08 Å².